The predicted octanol–water partition coefficient (Wildman–Crippen LogP) is 33.9. The van der Waals surface area contributed by atoms with Crippen molar-refractivity contribution >= 4 is 207 Å². The minimum absolute atomic E-state index is 0.819. The third-order valence-electron chi connectivity index (χ3n) is 29.2. The molecule has 0 saturated carbocycles. The molecule has 0 spiro atoms. The predicted molar refractivity (Wildman–Crippen MR) is 572 cm³/mol. The molecule has 0 saturated heterocycles. The van der Waals surface area contributed by atoms with Crippen LogP contribution in [0.25, 0.3) is 297 Å². The van der Waals surface area contributed by atoms with Crippen LogP contribution in [0.4, 0.5) is 0 Å². The molecule has 31 rings (SSSR count). The number of benzene rings is 23. The lowest BCUT2D eigenvalue weighted by Crippen LogP contribution is -1.97. The maximum absolute atomic E-state index is 6.35. The first-order valence-electron chi connectivity index (χ1n) is 46.9. The summed E-state index contributed by atoms with van der Waals surface area (Å²) in [7, 11) is 0. The molecule has 7 heterocycles. The minimum atomic E-state index is 0.819. The summed E-state index contributed by atoms with van der Waals surface area (Å²) < 4.78 is 16.1. The van der Waals surface area contributed by atoms with Gasteiger partial charge in [0.1, 0.15) is 11.2 Å². The van der Waals surface area contributed by atoms with Gasteiger partial charge < -0.3 is 22.7 Å². The maximum Gasteiger partial charge on any atom is 0.136 e. The second-order valence-corrected chi connectivity index (χ2v) is 36.6. The van der Waals surface area contributed by atoms with Gasteiger partial charge in [-0.25, -0.2) is 19.9 Å². The van der Waals surface area contributed by atoms with E-state index >= 15 is 0 Å². The van der Waals surface area contributed by atoms with Crippen molar-refractivity contribution in [2.45, 2.75) is 0 Å². The van der Waals surface area contributed by atoms with Crippen LogP contribution in [0.1, 0.15) is 0 Å². The van der Waals surface area contributed by atoms with Crippen molar-refractivity contribution in [1.29, 1.82) is 0 Å². The lowest BCUT2D eigenvalue weighted by molar-refractivity contribution is 0.669. The third-order valence-corrected chi connectivity index (χ3v) is 29.2. The molecule has 30 aromatic rings. The highest BCUT2D eigenvalue weighted by Gasteiger charge is 2.28. The van der Waals surface area contributed by atoms with Crippen LogP contribution in [-0.4, -0.2) is 38.2 Å². The second-order valence-electron chi connectivity index (χ2n) is 36.6. The van der Waals surface area contributed by atoms with E-state index in [2.05, 4.69) is 419 Å². The average Bonchev–Trinajstić information content (AvgIpc) is 1.58. The number of furan rings is 1. The van der Waals surface area contributed by atoms with E-state index in [-0.39, 0.29) is 0 Å². The Labute approximate surface area is 782 Å². The largest absolute Gasteiger partial charge is 0.456 e. The molecule has 0 N–H and O–H groups in total. The molecule has 0 bridgehead atoms. The van der Waals surface area contributed by atoms with Crippen molar-refractivity contribution in [2.24, 2.45) is 0 Å². The number of fused-ring (bicyclic) bond motifs is 28. The van der Waals surface area contributed by atoms with Gasteiger partial charge in [0.15, 0.2) is 0 Å². The molecule has 0 aliphatic heterocycles. The van der Waals surface area contributed by atoms with Crippen molar-refractivity contribution in [2.75, 3.05) is 0 Å². The monoisotopic (exact) mass is 1740 g/mol. The van der Waals surface area contributed by atoms with Crippen LogP contribution < -0.4 is 0 Å². The quantitative estimate of drug-likeness (QED) is 0.151. The fourth-order valence-electron chi connectivity index (χ4n) is 23.0. The Bertz CT molecular complexity index is 10500. The zero-order chi connectivity index (χ0) is 89.3. The Kier molecular flexibility index (Phi) is 15.9. The van der Waals surface area contributed by atoms with Gasteiger partial charge >= 0.3 is 0 Å². The lowest BCUT2D eigenvalue weighted by atomic mass is 9.94. The van der Waals surface area contributed by atoms with Crippen LogP contribution >= 0.6 is 0 Å². The molecular formula is C128H74N8O. The Hall–Kier alpha value is -18.4. The first kappa shape index (κ1) is 75.3. The molecule has 0 amide bonds. The molecule has 0 atom stereocenters. The lowest BCUT2D eigenvalue weighted by Gasteiger charge is -2.15. The molecule has 632 valence electrons. The molecule has 1 aliphatic rings. The fourth-order valence-corrected chi connectivity index (χ4v) is 23.0. The summed E-state index contributed by atoms with van der Waals surface area (Å²) in [6.45, 7) is 0. The smallest absolute Gasteiger partial charge is 0.136 e. The van der Waals surface area contributed by atoms with Crippen LogP contribution in [0.5, 0.6) is 0 Å². The Morgan fingerprint density at radius 2 is 0.496 bits per heavy atom. The summed E-state index contributed by atoms with van der Waals surface area (Å²) in [5.74, 6) is 0. The SMILES string of the molecule is c1ccc2c(c1)-c1cccc3c(-c4nc5ccccc5nc4-c4ccc5cc(-n6c7ccccc7c7cc8ccc(-n9c%10ccccc%10c%10c%11ccccc%11ccc%109)cc8cc76)ccc5c4)ccc-2c13.c1ccc2c(c1)ccc1c2c2ccccc2n1-c1ccc2cc3c4ccccc4n(-c4ccc5ccc(-c6nc7ccccc7nc6-c6ccc7c(c6)oc6ccccc67)cc5c4)c3cc2c1. The van der Waals surface area contributed by atoms with Gasteiger partial charge in [0.2, 0.25) is 0 Å². The fraction of sp³-hybridized carbons (Fsp3) is 0. The van der Waals surface area contributed by atoms with Gasteiger partial charge in [-0.15, -0.1) is 0 Å². The molecule has 1 aliphatic carbocycles. The Morgan fingerprint density at radius 1 is 0.153 bits per heavy atom. The van der Waals surface area contributed by atoms with Gasteiger partial charge in [0.05, 0.1) is 89.0 Å². The molecule has 7 aromatic heterocycles. The first-order chi connectivity index (χ1) is 67.9. The summed E-state index contributed by atoms with van der Waals surface area (Å²) in [6.07, 6.45) is 0. The molecule has 23 aromatic carbocycles. The standard InChI is InChI=1S/C66H38N4.C62H36N4O/c1-2-13-47-39(12-1)28-33-61-64(47)55-17-6-10-23-60(55)69(61)46-30-27-42-37-56-50-16-5-9-22-59(50)70(62(56)38-44(42)36-46)45-29-26-40-34-43(25-24-41(40)35-45)65-66(68-58-21-8-7-20-57(58)67-65)54-32-31-53-49-15-4-3-14-48(49)51-18-11-19-52(54)63(51)53;1-2-12-46-38(11-1)26-30-56-60(46)50-15-4-9-19-55(50)65(56)44-28-24-39-34-51-47-13-3-8-18-54(47)66(57(51)35-43(39)33-44)45-27-23-37-21-22-40(31-42(37)32-45)61-62(64-53-17-7-6-16-52(53)63-61)41-25-29-49-48-14-5-10-20-58(48)67-59(49)36-41/h1-38H;1-36H. The van der Waals surface area contributed by atoms with E-state index in [1.807, 2.05) is 48.5 Å². The average molecular weight is 1740 g/mol. The summed E-state index contributed by atoms with van der Waals surface area (Å²) in [5.41, 5.74) is 31.8. The number of hydrogen-bond acceptors (Lipinski definition) is 5. The summed E-state index contributed by atoms with van der Waals surface area (Å²) >= 11 is 0. The van der Waals surface area contributed by atoms with E-state index in [1.165, 1.54) is 163 Å². The Morgan fingerprint density at radius 3 is 1.04 bits per heavy atom. The summed E-state index contributed by atoms with van der Waals surface area (Å²) in [4.78, 5) is 21.4. The van der Waals surface area contributed by atoms with E-state index in [9.17, 15) is 0 Å². The van der Waals surface area contributed by atoms with Crippen LogP contribution in [-0.2, 0) is 0 Å². The molecule has 0 fully saturated rings. The molecule has 9 nitrogen and oxygen atoms in total. The van der Waals surface area contributed by atoms with Crippen LogP contribution in [0.2, 0.25) is 0 Å². The van der Waals surface area contributed by atoms with E-state index in [0.29, 0.717) is 0 Å². The number of para-hydroxylation sites is 9. The third kappa shape index (κ3) is 11.4. The number of nitrogens with zero attached hydrogens (tertiary/aromatic N) is 8. The normalized spacial score (nSPS) is 12.2. The van der Waals surface area contributed by atoms with Crippen molar-refractivity contribution in [3.8, 4) is 90.0 Å². The summed E-state index contributed by atoms with van der Waals surface area (Å²) in [6, 6.07) is 163. The van der Waals surface area contributed by atoms with E-state index in [0.717, 1.165) is 133 Å². The van der Waals surface area contributed by atoms with E-state index in [4.69, 9.17) is 24.4 Å². The summed E-state index contributed by atoms with van der Waals surface area (Å²) in [5, 5.41) is 29.2. The van der Waals surface area contributed by atoms with Gasteiger partial charge in [-0.3, -0.25) is 0 Å². The Balaban J connectivity index is 0.000000130. The van der Waals surface area contributed by atoms with Gasteiger partial charge in [0.25, 0.3) is 0 Å². The van der Waals surface area contributed by atoms with Crippen molar-refractivity contribution in [3.05, 3.63) is 449 Å². The van der Waals surface area contributed by atoms with Crippen molar-refractivity contribution in [1.82, 2.24) is 38.2 Å². The van der Waals surface area contributed by atoms with Gasteiger partial charge in [-0.2, -0.15) is 0 Å². The van der Waals surface area contributed by atoms with Gasteiger partial charge in [0, 0.05) is 98.9 Å². The zero-order valence-electron chi connectivity index (χ0n) is 73.7. The van der Waals surface area contributed by atoms with Crippen LogP contribution in [0.3, 0.4) is 0 Å². The van der Waals surface area contributed by atoms with Crippen molar-refractivity contribution in [3.63, 3.8) is 0 Å². The molecule has 137 heavy (non-hydrogen) atoms. The minimum Gasteiger partial charge on any atom is -0.456 e. The highest BCUT2D eigenvalue weighted by Crippen LogP contribution is 2.52. The second kappa shape index (κ2) is 29.0. The van der Waals surface area contributed by atoms with Crippen molar-refractivity contribution < 1.29 is 4.42 Å². The number of rotatable bonds is 8. The number of hydrogen-bond donors (Lipinski definition) is 0. The van der Waals surface area contributed by atoms with E-state index in [1.54, 1.807) is 0 Å². The molecule has 0 unspecified atom stereocenters. The molecule has 9 heteroatoms. The number of aromatic nitrogens is 8. The first-order valence-corrected chi connectivity index (χ1v) is 46.9. The molecule has 0 radical (unpaired) electrons. The maximum atomic E-state index is 6.35. The molecular weight excluding hydrogens is 1670 g/mol. The zero-order valence-corrected chi connectivity index (χ0v) is 73.7. The van der Waals surface area contributed by atoms with Gasteiger partial charge in [-0.05, 0) is 261 Å². The van der Waals surface area contributed by atoms with Gasteiger partial charge in [-0.1, -0.05) is 285 Å². The van der Waals surface area contributed by atoms with Crippen LogP contribution in [0.15, 0.2) is 453 Å². The van der Waals surface area contributed by atoms with E-state index < -0.39 is 0 Å². The highest BCUT2D eigenvalue weighted by molar-refractivity contribution is 6.25. The topological polar surface area (TPSA) is 84.4 Å². The van der Waals surface area contributed by atoms with Crippen LogP contribution in [0, 0.1) is 0 Å². The highest BCUT2D eigenvalue weighted by atomic mass is 16.3.